The molecule has 23 heavy (non-hydrogen) atoms. The zero-order valence-electron chi connectivity index (χ0n) is 13.8. The summed E-state index contributed by atoms with van der Waals surface area (Å²) in [5.41, 5.74) is 8.54. The fourth-order valence-electron chi connectivity index (χ4n) is 2.29. The molecule has 5 heteroatoms. The van der Waals surface area contributed by atoms with Gasteiger partial charge in [0, 0.05) is 18.8 Å². The predicted octanol–water partition coefficient (Wildman–Crippen LogP) is 4.33. The van der Waals surface area contributed by atoms with E-state index in [0.717, 1.165) is 5.69 Å². The first-order chi connectivity index (χ1) is 10.8. The Morgan fingerprint density at radius 2 is 1.83 bits per heavy atom. The Morgan fingerprint density at radius 1 is 1.22 bits per heavy atom. The van der Waals surface area contributed by atoms with Crippen LogP contribution >= 0.6 is 11.6 Å². The third-order valence-electron chi connectivity index (χ3n) is 3.80. The SMILES string of the molecule is COc1cc(N)c(Cl)cc1C(=O)N(C)c1ccc(C(C)C)cc1. The number of benzene rings is 2. The van der Waals surface area contributed by atoms with E-state index in [1.165, 1.54) is 18.7 Å². The molecule has 0 aliphatic rings. The molecule has 0 saturated heterocycles. The summed E-state index contributed by atoms with van der Waals surface area (Å²) in [6.45, 7) is 4.26. The topological polar surface area (TPSA) is 55.6 Å². The van der Waals surface area contributed by atoms with Gasteiger partial charge in [0.1, 0.15) is 5.75 Å². The van der Waals surface area contributed by atoms with Crippen molar-refractivity contribution in [3.05, 3.63) is 52.5 Å². The van der Waals surface area contributed by atoms with E-state index < -0.39 is 0 Å². The second-order valence-electron chi connectivity index (χ2n) is 5.68. The van der Waals surface area contributed by atoms with Crippen LogP contribution in [-0.4, -0.2) is 20.1 Å². The normalized spacial score (nSPS) is 10.7. The molecule has 0 atom stereocenters. The van der Waals surface area contributed by atoms with Gasteiger partial charge in [-0.05, 0) is 29.7 Å². The number of nitrogen functional groups attached to an aromatic ring is 1. The molecule has 2 N–H and O–H groups in total. The average Bonchev–Trinajstić information content (AvgIpc) is 2.55. The molecule has 122 valence electrons. The summed E-state index contributed by atoms with van der Waals surface area (Å²) in [5.74, 6) is 0.643. The van der Waals surface area contributed by atoms with E-state index in [0.29, 0.717) is 27.9 Å². The zero-order chi connectivity index (χ0) is 17.1. The number of carbonyl (C=O) groups excluding carboxylic acids is 1. The Kier molecular flexibility index (Phi) is 5.16. The maximum Gasteiger partial charge on any atom is 0.261 e. The number of nitrogens with two attached hydrogens (primary N) is 1. The molecule has 1 amide bonds. The van der Waals surface area contributed by atoms with E-state index in [2.05, 4.69) is 13.8 Å². The summed E-state index contributed by atoms with van der Waals surface area (Å²) < 4.78 is 5.25. The maximum absolute atomic E-state index is 12.8. The van der Waals surface area contributed by atoms with Gasteiger partial charge in [0.2, 0.25) is 0 Å². The molecular formula is C18H21ClN2O2. The van der Waals surface area contributed by atoms with E-state index in [4.69, 9.17) is 22.1 Å². The predicted molar refractivity (Wildman–Crippen MR) is 95.7 cm³/mol. The van der Waals surface area contributed by atoms with Crippen LogP contribution in [-0.2, 0) is 0 Å². The lowest BCUT2D eigenvalue weighted by Gasteiger charge is -2.20. The number of hydrogen-bond acceptors (Lipinski definition) is 3. The van der Waals surface area contributed by atoms with Gasteiger partial charge in [-0.1, -0.05) is 37.6 Å². The Labute approximate surface area is 141 Å². The number of nitrogens with zero attached hydrogens (tertiary/aromatic N) is 1. The number of amides is 1. The molecule has 0 aliphatic heterocycles. The lowest BCUT2D eigenvalue weighted by Crippen LogP contribution is -2.26. The number of anilines is 2. The monoisotopic (exact) mass is 332 g/mol. The van der Waals surface area contributed by atoms with Crippen molar-refractivity contribution in [1.82, 2.24) is 0 Å². The van der Waals surface area contributed by atoms with E-state index in [9.17, 15) is 4.79 Å². The van der Waals surface area contributed by atoms with Crippen LogP contribution in [0, 0.1) is 0 Å². The number of methoxy groups -OCH3 is 1. The van der Waals surface area contributed by atoms with Crippen LogP contribution < -0.4 is 15.4 Å². The zero-order valence-corrected chi connectivity index (χ0v) is 14.5. The van der Waals surface area contributed by atoms with Crippen LogP contribution in [0.1, 0.15) is 35.7 Å². The van der Waals surface area contributed by atoms with Gasteiger partial charge in [-0.3, -0.25) is 4.79 Å². The minimum absolute atomic E-state index is 0.207. The first-order valence-electron chi connectivity index (χ1n) is 7.36. The molecule has 0 radical (unpaired) electrons. The smallest absolute Gasteiger partial charge is 0.261 e. The summed E-state index contributed by atoms with van der Waals surface area (Å²) in [6, 6.07) is 11.0. The Hall–Kier alpha value is -2.20. The Balaban J connectivity index is 2.34. The van der Waals surface area contributed by atoms with Gasteiger partial charge in [0.25, 0.3) is 5.91 Å². The quantitative estimate of drug-likeness (QED) is 0.848. The van der Waals surface area contributed by atoms with Crippen molar-refractivity contribution in [3.8, 4) is 5.75 Å². The number of carbonyl (C=O) groups is 1. The minimum Gasteiger partial charge on any atom is -0.496 e. The summed E-state index contributed by atoms with van der Waals surface area (Å²) >= 11 is 6.04. The van der Waals surface area contributed by atoms with Crippen LogP contribution in [0.2, 0.25) is 5.02 Å². The third-order valence-corrected chi connectivity index (χ3v) is 4.13. The molecule has 0 aliphatic carbocycles. The molecule has 2 rings (SSSR count). The van der Waals surface area contributed by atoms with Gasteiger partial charge in [0.05, 0.1) is 23.4 Å². The van der Waals surface area contributed by atoms with Crippen molar-refractivity contribution in [2.75, 3.05) is 24.8 Å². The van der Waals surface area contributed by atoms with Crippen molar-refractivity contribution in [2.45, 2.75) is 19.8 Å². The highest BCUT2D eigenvalue weighted by molar-refractivity contribution is 6.33. The summed E-state index contributed by atoms with van der Waals surface area (Å²) in [5, 5.41) is 0.331. The molecule has 2 aromatic rings. The van der Waals surface area contributed by atoms with Crippen molar-refractivity contribution in [2.24, 2.45) is 0 Å². The second-order valence-corrected chi connectivity index (χ2v) is 6.09. The Morgan fingerprint density at radius 3 is 2.35 bits per heavy atom. The van der Waals surface area contributed by atoms with Crippen LogP contribution in [0.5, 0.6) is 5.75 Å². The highest BCUT2D eigenvalue weighted by atomic mass is 35.5. The molecular weight excluding hydrogens is 312 g/mol. The van der Waals surface area contributed by atoms with Gasteiger partial charge >= 0.3 is 0 Å². The number of rotatable bonds is 4. The number of halogens is 1. The lowest BCUT2D eigenvalue weighted by atomic mass is 10.0. The molecule has 0 spiro atoms. The first-order valence-corrected chi connectivity index (χ1v) is 7.74. The summed E-state index contributed by atoms with van der Waals surface area (Å²) in [6.07, 6.45) is 0. The van der Waals surface area contributed by atoms with Gasteiger partial charge in [-0.15, -0.1) is 0 Å². The standard InChI is InChI=1S/C18H21ClN2O2/c1-11(2)12-5-7-13(8-6-12)21(3)18(22)14-9-15(19)16(20)10-17(14)23-4/h5-11H,20H2,1-4H3. The third kappa shape index (κ3) is 3.59. The van der Waals surface area contributed by atoms with Crippen molar-refractivity contribution in [1.29, 1.82) is 0 Å². The summed E-state index contributed by atoms with van der Waals surface area (Å²) in [4.78, 5) is 14.3. The highest BCUT2D eigenvalue weighted by Gasteiger charge is 2.19. The van der Waals surface area contributed by atoms with E-state index >= 15 is 0 Å². The first kappa shape index (κ1) is 17.2. The molecule has 0 fully saturated rings. The molecule has 0 bridgehead atoms. The van der Waals surface area contributed by atoms with Crippen LogP contribution in [0.3, 0.4) is 0 Å². The van der Waals surface area contributed by atoms with Crippen molar-refractivity contribution in [3.63, 3.8) is 0 Å². The van der Waals surface area contributed by atoms with Crippen LogP contribution in [0.25, 0.3) is 0 Å². The van der Waals surface area contributed by atoms with Gasteiger partial charge in [-0.25, -0.2) is 0 Å². The van der Waals surface area contributed by atoms with Gasteiger partial charge in [0.15, 0.2) is 0 Å². The fourth-order valence-corrected chi connectivity index (χ4v) is 2.45. The molecule has 2 aromatic carbocycles. The Bertz CT molecular complexity index is 712. The van der Waals surface area contributed by atoms with Crippen LogP contribution in [0.4, 0.5) is 11.4 Å². The number of hydrogen-bond donors (Lipinski definition) is 1. The average molecular weight is 333 g/mol. The molecule has 0 unspecified atom stereocenters. The maximum atomic E-state index is 12.8. The summed E-state index contributed by atoms with van der Waals surface area (Å²) in [7, 11) is 3.22. The lowest BCUT2D eigenvalue weighted by molar-refractivity contribution is 0.0990. The largest absolute Gasteiger partial charge is 0.496 e. The van der Waals surface area contributed by atoms with Crippen molar-refractivity contribution < 1.29 is 9.53 Å². The van der Waals surface area contributed by atoms with E-state index in [1.807, 2.05) is 24.3 Å². The molecule has 0 saturated carbocycles. The van der Waals surface area contributed by atoms with Crippen molar-refractivity contribution >= 4 is 28.9 Å². The second kappa shape index (κ2) is 6.92. The van der Waals surface area contributed by atoms with E-state index in [-0.39, 0.29) is 5.91 Å². The molecule has 0 heterocycles. The van der Waals surface area contributed by atoms with Gasteiger partial charge < -0.3 is 15.4 Å². The fraction of sp³-hybridized carbons (Fsp3) is 0.278. The van der Waals surface area contributed by atoms with Gasteiger partial charge in [-0.2, -0.15) is 0 Å². The minimum atomic E-state index is -0.207. The molecule has 4 nitrogen and oxygen atoms in total. The molecule has 0 aromatic heterocycles. The number of ether oxygens (including phenoxy) is 1. The highest BCUT2D eigenvalue weighted by Crippen LogP contribution is 2.30. The van der Waals surface area contributed by atoms with E-state index in [1.54, 1.807) is 18.0 Å². The van der Waals surface area contributed by atoms with Crippen LogP contribution in [0.15, 0.2) is 36.4 Å².